The van der Waals surface area contributed by atoms with Gasteiger partial charge >= 0.3 is 5.97 Å². The zero-order chi connectivity index (χ0) is 42.4. The average Bonchev–Trinajstić information content (AvgIpc) is 3.46. The second-order valence-corrected chi connectivity index (χ2v) is 22.5. The summed E-state index contributed by atoms with van der Waals surface area (Å²) in [7, 11) is 4.09. The lowest BCUT2D eigenvalue weighted by molar-refractivity contribution is -0.237. The van der Waals surface area contributed by atoms with Gasteiger partial charge < -0.3 is 19.3 Å². The first-order valence-electron chi connectivity index (χ1n) is 22.3. The maximum absolute atomic E-state index is 15.4. The van der Waals surface area contributed by atoms with Gasteiger partial charge in [0.1, 0.15) is 12.2 Å². The molecule has 7 rings (SSSR count). The molecule has 1 aromatic rings. The van der Waals surface area contributed by atoms with Gasteiger partial charge in [-0.2, -0.15) is 0 Å². The van der Waals surface area contributed by atoms with Gasteiger partial charge in [0.05, 0.1) is 11.3 Å². The summed E-state index contributed by atoms with van der Waals surface area (Å²) in [6.45, 7) is 22.9. The Labute approximate surface area is 353 Å². The van der Waals surface area contributed by atoms with Gasteiger partial charge in [0.2, 0.25) is 5.91 Å². The molecule has 6 aliphatic carbocycles. The molecule has 1 amide bonds. The number of hydrogen-bond donors (Lipinski definition) is 0. The summed E-state index contributed by atoms with van der Waals surface area (Å²) in [5.74, 6) is 0.972. The van der Waals surface area contributed by atoms with Gasteiger partial charge in [-0.25, -0.2) is 0 Å². The zero-order valence-electron chi connectivity index (χ0n) is 37.3. The highest BCUT2D eigenvalue weighted by Gasteiger charge is 2.71. The van der Waals surface area contributed by atoms with Gasteiger partial charge in [-0.3, -0.25) is 19.2 Å². The van der Waals surface area contributed by atoms with E-state index in [1.807, 2.05) is 57.1 Å². The van der Waals surface area contributed by atoms with Crippen molar-refractivity contribution in [3.8, 4) is 0 Å². The molecule has 0 unspecified atom stereocenters. The number of rotatable bonds is 11. The van der Waals surface area contributed by atoms with Gasteiger partial charge in [0.15, 0.2) is 5.78 Å². The number of benzene rings is 1. The number of hydrogen-bond acceptors (Lipinski definition) is 7. The molecule has 5 fully saturated rings. The number of fused-ring (bicyclic) bond motifs is 7. The third-order valence-electron chi connectivity index (χ3n) is 18.1. The molecule has 0 saturated heterocycles. The van der Waals surface area contributed by atoms with Gasteiger partial charge in [-0.15, -0.1) is 0 Å². The Balaban J connectivity index is 1.18. The number of allylic oxidation sites excluding steroid dienone is 1. The van der Waals surface area contributed by atoms with Crippen LogP contribution in [0.1, 0.15) is 132 Å². The smallest absolute Gasteiger partial charge is 0.310 e. The van der Waals surface area contributed by atoms with Crippen molar-refractivity contribution in [2.45, 2.75) is 145 Å². The maximum Gasteiger partial charge on any atom is 0.310 e. The van der Waals surface area contributed by atoms with E-state index in [9.17, 15) is 14.4 Å². The number of likely N-dealkylation sites (N-methyl/N-ethyl adjacent to an activating group) is 1. The molecule has 0 aliphatic heterocycles. The van der Waals surface area contributed by atoms with Gasteiger partial charge in [0, 0.05) is 41.9 Å². The van der Waals surface area contributed by atoms with Gasteiger partial charge in [0.25, 0.3) is 6.47 Å². The second-order valence-electron chi connectivity index (χ2n) is 22.1. The van der Waals surface area contributed by atoms with Crippen molar-refractivity contribution in [3.63, 3.8) is 0 Å². The van der Waals surface area contributed by atoms with Crippen molar-refractivity contribution in [1.29, 1.82) is 0 Å². The summed E-state index contributed by atoms with van der Waals surface area (Å²) >= 11 is 6.27. The Morgan fingerprint density at radius 1 is 0.845 bits per heavy atom. The number of esters is 1. The van der Waals surface area contributed by atoms with Gasteiger partial charge in [-0.1, -0.05) is 86.0 Å². The number of carbonyl (C=O) groups excluding carboxylic acids is 4. The highest BCUT2D eigenvalue weighted by atomic mass is 35.5. The van der Waals surface area contributed by atoms with Crippen molar-refractivity contribution in [2.75, 3.05) is 27.2 Å². The SMILES string of the molecule is CC(C)C1=C2[C@H]3CC[C@@H]4[C@@]5(C)CC[C@H](OC(=O)[C@H]6C[C@@H](OC=O)C6(C)C)C(C)(C)[C@@H]5CC[C@@]4(C)[C@]3(C)CC[C@@]2(C(=O)N(CCN(C)C)Cc2ccc(Cl)cc2)CC1=O. The van der Waals surface area contributed by atoms with E-state index in [1.54, 1.807) is 0 Å². The molecular formula is C49H71ClN2O6. The van der Waals surface area contributed by atoms with E-state index >= 15 is 4.79 Å². The quantitative estimate of drug-likeness (QED) is 0.162. The van der Waals surface area contributed by atoms with Crippen LogP contribution in [0.4, 0.5) is 0 Å². The normalized spacial score (nSPS) is 38.6. The number of ether oxygens (including phenoxy) is 2. The number of halogens is 1. The molecule has 10 atom stereocenters. The van der Waals surface area contributed by atoms with E-state index in [1.165, 1.54) is 5.57 Å². The first kappa shape index (κ1) is 43.4. The molecule has 0 heterocycles. The lowest BCUT2D eigenvalue weighted by Crippen LogP contribution is -2.66. The molecule has 0 aromatic heterocycles. The van der Waals surface area contributed by atoms with E-state index in [-0.39, 0.29) is 75.7 Å². The number of ketones is 1. The fraction of sp³-hybridized carbons (Fsp3) is 0.755. The standard InChI is InChI=1S/C49H71ClN2O6/c1-30(2)40-35(54)27-49(43(56)52(25-24-51(10)11)28-31-12-14-32(50)15-13-31)23-22-47(8)33(41(40)49)16-17-37-46(7)20-19-38(45(5,6)36(46)18-21-48(37,47)9)58-42(55)34-26-39(57-29-53)44(34,3)4/h12-15,29-30,33-34,36-39H,16-28H2,1-11H3/t33-,34-,36+,37-,38+,39-,46+,47-,48-,49-/m1/s1. The van der Waals surface area contributed by atoms with Crippen LogP contribution in [0.5, 0.6) is 0 Å². The van der Waals surface area contributed by atoms with Gasteiger partial charge in [-0.05, 0) is 141 Å². The fourth-order valence-electron chi connectivity index (χ4n) is 14.6. The topological polar surface area (TPSA) is 93.2 Å². The van der Waals surface area contributed by atoms with Crippen molar-refractivity contribution < 1.29 is 28.7 Å². The lowest BCUT2D eigenvalue weighted by Gasteiger charge is -2.72. The Morgan fingerprint density at radius 2 is 1.53 bits per heavy atom. The van der Waals surface area contributed by atoms with Crippen molar-refractivity contribution in [1.82, 2.24) is 9.80 Å². The van der Waals surface area contributed by atoms with Crippen LogP contribution in [-0.2, 0) is 35.2 Å². The Kier molecular flexibility index (Phi) is 11.2. The van der Waals surface area contributed by atoms with E-state index < -0.39 is 10.8 Å². The Hall–Kier alpha value is -2.71. The summed E-state index contributed by atoms with van der Waals surface area (Å²) in [5, 5.41) is 0.676. The molecule has 0 spiro atoms. The third-order valence-corrected chi connectivity index (χ3v) is 18.4. The van der Waals surface area contributed by atoms with E-state index in [0.29, 0.717) is 49.3 Å². The third kappa shape index (κ3) is 6.54. The van der Waals surface area contributed by atoms with E-state index in [2.05, 4.69) is 53.4 Å². The van der Waals surface area contributed by atoms with Crippen LogP contribution in [0.3, 0.4) is 0 Å². The predicted octanol–water partition coefficient (Wildman–Crippen LogP) is 9.71. The van der Waals surface area contributed by atoms with Crippen LogP contribution in [-0.4, -0.2) is 73.3 Å². The first-order valence-corrected chi connectivity index (χ1v) is 22.7. The molecule has 1 aromatic carbocycles. The Bertz CT molecular complexity index is 1840. The highest BCUT2D eigenvalue weighted by molar-refractivity contribution is 6.30. The molecule has 8 nitrogen and oxygen atoms in total. The maximum atomic E-state index is 15.4. The average molecular weight is 820 g/mol. The number of Topliss-reactive ketones (excluding diaryl/α,β-unsaturated/α-hetero) is 1. The van der Waals surface area contributed by atoms with Crippen LogP contribution >= 0.6 is 11.6 Å². The van der Waals surface area contributed by atoms with Crippen molar-refractivity contribution in [2.24, 2.45) is 62.1 Å². The minimum Gasteiger partial charge on any atom is -0.464 e. The summed E-state index contributed by atoms with van der Waals surface area (Å²) < 4.78 is 11.8. The molecule has 0 bridgehead atoms. The van der Waals surface area contributed by atoms with Crippen LogP contribution in [0, 0.1) is 62.1 Å². The monoisotopic (exact) mass is 819 g/mol. The molecule has 58 heavy (non-hydrogen) atoms. The van der Waals surface area contributed by atoms with Crippen LogP contribution in [0.15, 0.2) is 35.4 Å². The van der Waals surface area contributed by atoms with Crippen LogP contribution < -0.4 is 0 Å². The van der Waals surface area contributed by atoms with Crippen LogP contribution in [0.2, 0.25) is 5.02 Å². The Morgan fingerprint density at radius 3 is 2.16 bits per heavy atom. The molecule has 0 radical (unpaired) electrons. The molecule has 9 heteroatoms. The largest absolute Gasteiger partial charge is 0.464 e. The fourth-order valence-corrected chi connectivity index (χ4v) is 14.7. The lowest BCUT2D eigenvalue weighted by atomic mass is 9.33. The first-order chi connectivity index (χ1) is 27.1. The summed E-state index contributed by atoms with van der Waals surface area (Å²) in [5.41, 5.74) is 1.75. The van der Waals surface area contributed by atoms with Crippen molar-refractivity contribution >= 4 is 35.7 Å². The molecular weight excluding hydrogens is 748 g/mol. The highest BCUT2D eigenvalue weighted by Crippen LogP contribution is 2.77. The molecule has 0 N–H and O–H groups in total. The second kappa shape index (κ2) is 15.0. The number of carbonyl (C=O) groups is 4. The molecule has 320 valence electrons. The molecule has 5 saturated carbocycles. The minimum absolute atomic E-state index is 0.0220. The number of nitrogens with zero attached hydrogens (tertiary/aromatic N) is 2. The molecule has 6 aliphatic rings. The number of amides is 1. The summed E-state index contributed by atoms with van der Waals surface area (Å²) in [6, 6.07) is 7.81. The summed E-state index contributed by atoms with van der Waals surface area (Å²) in [4.78, 5) is 58.8. The van der Waals surface area contributed by atoms with E-state index in [4.69, 9.17) is 21.1 Å². The van der Waals surface area contributed by atoms with Crippen molar-refractivity contribution in [3.05, 3.63) is 46.0 Å². The zero-order valence-corrected chi connectivity index (χ0v) is 38.1. The summed E-state index contributed by atoms with van der Waals surface area (Å²) in [6.07, 6.45) is 8.08. The minimum atomic E-state index is -0.803. The predicted molar refractivity (Wildman–Crippen MR) is 228 cm³/mol. The van der Waals surface area contributed by atoms with Crippen LogP contribution in [0.25, 0.3) is 0 Å². The van der Waals surface area contributed by atoms with E-state index in [0.717, 1.165) is 62.6 Å².